The number of fused-ring (bicyclic) bond motifs is 2. The number of carbonyl (C=O) groups excluding carboxylic acids is 2. The van der Waals surface area contributed by atoms with Crippen molar-refractivity contribution in [3.63, 3.8) is 0 Å². The van der Waals surface area contributed by atoms with Gasteiger partial charge in [-0.05, 0) is 43.2 Å². The Kier molecular flexibility index (Phi) is 3.23. The minimum Gasteiger partial charge on any atom is -0.273 e. The molecule has 3 rings (SSSR count). The van der Waals surface area contributed by atoms with Crippen LogP contribution in [0.3, 0.4) is 0 Å². The molecule has 2 fully saturated rings. The fourth-order valence-electron chi connectivity index (χ4n) is 3.44. The second kappa shape index (κ2) is 5.03. The molecular formula is C15H18N2O2. The van der Waals surface area contributed by atoms with E-state index in [4.69, 9.17) is 0 Å². The second-order valence-electron chi connectivity index (χ2n) is 5.59. The minimum absolute atomic E-state index is 0.0310. The first-order valence-electron chi connectivity index (χ1n) is 6.89. The van der Waals surface area contributed by atoms with Crippen molar-refractivity contribution in [1.82, 2.24) is 10.9 Å². The molecule has 0 spiro atoms. The van der Waals surface area contributed by atoms with Gasteiger partial charge in [0.1, 0.15) is 0 Å². The first kappa shape index (κ1) is 12.2. The Morgan fingerprint density at radius 2 is 1.79 bits per heavy atom. The summed E-state index contributed by atoms with van der Waals surface area (Å²) in [7, 11) is 0. The van der Waals surface area contributed by atoms with Crippen LogP contribution in [0.5, 0.6) is 0 Å². The lowest BCUT2D eigenvalue weighted by atomic mass is 9.88. The molecule has 0 saturated heterocycles. The van der Waals surface area contributed by atoms with Gasteiger partial charge in [-0.15, -0.1) is 0 Å². The van der Waals surface area contributed by atoms with Crippen molar-refractivity contribution in [2.75, 3.05) is 0 Å². The summed E-state index contributed by atoms with van der Waals surface area (Å²) < 4.78 is 0. The summed E-state index contributed by atoms with van der Waals surface area (Å²) in [6.07, 6.45) is 4.60. The van der Waals surface area contributed by atoms with E-state index in [2.05, 4.69) is 10.9 Å². The van der Waals surface area contributed by atoms with Crippen LogP contribution in [0.4, 0.5) is 0 Å². The summed E-state index contributed by atoms with van der Waals surface area (Å²) in [5.41, 5.74) is 5.62. The summed E-state index contributed by atoms with van der Waals surface area (Å²) >= 11 is 0. The Morgan fingerprint density at radius 3 is 2.42 bits per heavy atom. The quantitative estimate of drug-likeness (QED) is 0.796. The Labute approximate surface area is 112 Å². The molecule has 4 nitrogen and oxygen atoms in total. The third kappa shape index (κ3) is 2.48. The van der Waals surface area contributed by atoms with Gasteiger partial charge in [-0.25, -0.2) is 0 Å². The molecular weight excluding hydrogens is 240 g/mol. The van der Waals surface area contributed by atoms with E-state index in [9.17, 15) is 9.59 Å². The van der Waals surface area contributed by atoms with Crippen LogP contribution in [0.1, 0.15) is 36.0 Å². The van der Waals surface area contributed by atoms with Crippen molar-refractivity contribution in [1.29, 1.82) is 0 Å². The van der Waals surface area contributed by atoms with E-state index in [1.54, 1.807) is 24.3 Å². The van der Waals surface area contributed by atoms with Crippen molar-refractivity contribution in [3.8, 4) is 0 Å². The number of nitrogens with one attached hydrogen (secondary N) is 2. The molecule has 3 atom stereocenters. The molecule has 2 bridgehead atoms. The molecule has 0 heterocycles. The van der Waals surface area contributed by atoms with E-state index in [0.717, 1.165) is 18.8 Å². The highest BCUT2D eigenvalue weighted by atomic mass is 16.2. The number of benzene rings is 1. The number of rotatable bonds is 2. The van der Waals surface area contributed by atoms with Gasteiger partial charge in [0, 0.05) is 11.5 Å². The Hall–Kier alpha value is -1.84. The number of hydrazine groups is 1. The van der Waals surface area contributed by atoms with Crippen LogP contribution >= 0.6 is 0 Å². The molecule has 0 aromatic heterocycles. The van der Waals surface area contributed by atoms with E-state index in [-0.39, 0.29) is 17.7 Å². The Morgan fingerprint density at radius 1 is 1.00 bits per heavy atom. The number of amides is 2. The van der Waals surface area contributed by atoms with Gasteiger partial charge in [0.25, 0.3) is 5.91 Å². The highest BCUT2D eigenvalue weighted by Crippen LogP contribution is 2.48. The molecule has 2 saturated carbocycles. The lowest BCUT2D eigenvalue weighted by Crippen LogP contribution is -2.45. The zero-order chi connectivity index (χ0) is 13.2. The molecule has 1 aromatic carbocycles. The van der Waals surface area contributed by atoms with Crippen LogP contribution in [0, 0.1) is 17.8 Å². The van der Waals surface area contributed by atoms with Gasteiger partial charge in [-0.1, -0.05) is 24.6 Å². The summed E-state index contributed by atoms with van der Waals surface area (Å²) in [5.74, 6) is 1.05. The molecule has 2 aliphatic rings. The fourth-order valence-corrected chi connectivity index (χ4v) is 3.44. The van der Waals surface area contributed by atoms with Crippen LogP contribution in [-0.4, -0.2) is 11.8 Å². The van der Waals surface area contributed by atoms with E-state index < -0.39 is 0 Å². The first-order chi connectivity index (χ1) is 9.24. The molecule has 1 aromatic rings. The maximum atomic E-state index is 12.0. The predicted molar refractivity (Wildman–Crippen MR) is 71.0 cm³/mol. The predicted octanol–water partition coefficient (Wildman–Crippen LogP) is 1.88. The second-order valence-corrected chi connectivity index (χ2v) is 5.59. The standard InChI is InChI=1S/C15H18N2O2/c18-14(11-4-2-1-3-5-11)16-17-15(19)13-9-10-6-7-12(13)8-10/h1-5,10,12-13H,6-9H2,(H,16,18)(H,17,19)/t10-,12-,13-/m1/s1. The zero-order valence-electron chi connectivity index (χ0n) is 10.8. The Balaban J connectivity index is 1.52. The summed E-state index contributed by atoms with van der Waals surface area (Å²) in [5, 5.41) is 0. The molecule has 19 heavy (non-hydrogen) atoms. The smallest absolute Gasteiger partial charge is 0.269 e. The van der Waals surface area contributed by atoms with Crippen LogP contribution < -0.4 is 10.9 Å². The summed E-state index contributed by atoms with van der Waals surface area (Å²) in [6.45, 7) is 0. The van der Waals surface area contributed by atoms with Gasteiger partial charge >= 0.3 is 0 Å². The van der Waals surface area contributed by atoms with Crippen LogP contribution in [0.15, 0.2) is 30.3 Å². The fraction of sp³-hybridized carbons (Fsp3) is 0.467. The SMILES string of the molecule is O=C(NNC(=O)[C@@H]1C[C@@H]2CC[C@@H]1C2)c1ccccc1. The molecule has 2 aliphatic carbocycles. The van der Waals surface area contributed by atoms with E-state index in [1.165, 1.54) is 12.8 Å². The third-order valence-corrected chi connectivity index (χ3v) is 4.41. The van der Waals surface area contributed by atoms with Gasteiger partial charge in [0.15, 0.2) is 0 Å². The topological polar surface area (TPSA) is 58.2 Å². The largest absolute Gasteiger partial charge is 0.273 e. The highest BCUT2D eigenvalue weighted by molar-refractivity contribution is 5.95. The number of carbonyl (C=O) groups is 2. The van der Waals surface area contributed by atoms with Crippen LogP contribution in [0.2, 0.25) is 0 Å². The Bertz CT molecular complexity index is 486. The maximum absolute atomic E-state index is 12.0. The highest BCUT2D eigenvalue weighted by Gasteiger charge is 2.43. The average molecular weight is 258 g/mol. The van der Waals surface area contributed by atoms with Crippen molar-refractivity contribution in [2.45, 2.75) is 25.7 Å². The molecule has 2 N–H and O–H groups in total. The minimum atomic E-state index is -0.267. The molecule has 0 aliphatic heterocycles. The average Bonchev–Trinajstić information content (AvgIpc) is 3.08. The summed E-state index contributed by atoms with van der Waals surface area (Å²) in [6, 6.07) is 8.89. The number of hydrogen-bond acceptors (Lipinski definition) is 2. The third-order valence-electron chi connectivity index (χ3n) is 4.41. The molecule has 0 radical (unpaired) electrons. The lowest BCUT2D eigenvalue weighted by molar-refractivity contribution is -0.127. The lowest BCUT2D eigenvalue weighted by Gasteiger charge is -2.20. The molecule has 100 valence electrons. The van der Waals surface area contributed by atoms with Crippen molar-refractivity contribution >= 4 is 11.8 Å². The van der Waals surface area contributed by atoms with Crippen LogP contribution in [0.25, 0.3) is 0 Å². The summed E-state index contributed by atoms with van der Waals surface area (Å²) in [4.78, 5) is 23.8. The monoisotopic (exact) mass is 258 g/mol. The maximum Gasteiger partial charge on any atom is 0.269 e. The molecule has 2 amide bonds. The van der Waals surface area contributed by atoms with Crippen molar-refractivity contribution < 1.29 is 9.59 Å². The van der Waals surface area contributed by atoms with Gasteiger partial charge in [-0.2, -0.15) is 0 Å². The zero-order valence-corrected chi connectivity index (χ0v) is 10.8. The number of hydrogen-bond donors (Lipinski definition) is 2. The van der Waals surface area contributed by atoms with Crippen LogP contribution in [-0.2, 0) is 4.79 Å². The first-order valence-corrected chi connectivity index (χ1v) is 6.89. The van der Waals surface area contributed by atoms with Gasteiger partial charge in [-0.3, -0.25) is 20.4 Å². The van der Waals surface area contributed by atoms with Crippen molar-refractivity contribution in [3.05, 3.63) is 35.9 Å². The van der Waals surface area contributed by atoms with Gasteiger partial charge < -0.3 is 0 Å². The van der Waals surface area contributed by atoms with Crippen molar-refractivity contribution in [2.24, 2.45) is 17.8 Å². The molecule has 4 heteroatoms. The van der Waals surface area contributed by atoms with E-state index in [0.29, 0.717) is 11.5 Å². The van der Waals surface area contributed by atoms with Gasteiger partial charge in [0.05, 0.1) is 0 Å². The van der Waals surface area contributed by atoms with E-state index >= 15 is 0 Å². The molecule has 0 unspecified atom stereocenters. The van der Waals surface area contributed by atoms with E-state index in [1.807, 2.05) is 6.07 Å². The van der Waals surface area contributed by atoms with Gasteiger partial charge in [0.2, 0.25) is 5.91 Å². The normalized spacial score (nSPS) is 28.1.